The maximum atomic E-state index is 5.27. The highest BCUT2D eigenvalue weighted by molar-refractivity contribution is 5.69. The van der Waals surface area contributed by atoms with Crippen LogP contribution in [0.3, 0.4) is 0 Å². The Kier molecular flexibility index (Phi) is 6.04. The molecule has 7 heteroatoms. The van der Waals surface area contributed by atoms with Crippen LogP contribution in [0.1, 0.15) is 13.8 Å². The molecule has 80 valence electrons. The first-order chi connectivity index (χ1) is 6.63. The predicted octanol–water partition coefficient (Wildman–Crippen LogP) is -0.339. The van der Waals surface area contributed by atoms with Gasteiger partial charge in [-0.05, 0) is 19.1 Å². The molecule has 1 rings (SSSR count). The normalized spacial score (nSPS) is 9.00. The van der Waals surface area contributed by atoms with Crippen LogP contribution in [0.4, 0.5) is 17.3 Å². The highest BCUT2D eigenvalue weighted by Gasteiger charge is 1.99. The summed E-state index contributed by atoms with van der Waals surface area (Å²) < 4.78 is 4.83. The standard InChI is InChI=1S/C4H10O.C3H6N6/c1-3-5-4-2;4-1-2(5)7-9-8-3(1)6/h3-4H2,1-2H3;(H2,4,9)(H4,5,6,7,8). The van der Waals surface area contributed by atoms with Crippen molar-refractivity contribution >= 4 is 17.3 Å². The third-order valence-electron chi connectivity index (χ3n) is 1.27. The molecular formula is C7H16N6O. The summed E-state index contributed by atoms with van der Waals surface area (Å²) >= 11 is 0. The van der Waals surface area contributed by atoms with Gasteiger partial charge in [-0.25, -0.2) is 0 Å². The third kappa shape index (κ3) is 4.41. The van der Waals surface area contributed by atoms with Crippen molar-refractivity contribution in [3.05, 3.63) is 0 Å². The van der Waals surface area contributed by atoms with Gasteiger partial charge >= 0.3 is 0 Å². The fourth-order valence-electron chi connectivity index (χ4n) is 0.562. The molecule has 0 saturated heterocycles. The second-order valence-corrected chi connectivity index (χ2v) is 2.26. The van der Waals surface area contributed by atoms with Crippen LogP contribution in [-0.4, -0.2) is 28.6 Å². The third-order valence-corrected chi connectivity index (χ3v) is 1.27. The van der Waals surface area contributed by atoms with Gasteiger partial charge in [-0.1, -0.05) is 0 Å². The highest BCUT2D eigenvalue weighted by atomic mass is 16.5. The predicted molar refractivity (Wildman–Crippen MR) is 55.2 cm³/mol. The molecule has 1 aromatic heterocycles. The van der Waals surface area contributed by atoms with Gasteiger partial charge in [0.25, 0.3) is 0 Å². The van der Waals surface area contributed by atoms with E-state index >= 15 is 0 Å². The number of hydrogen-bond donors (Lipinski definition) is 3. The summed E-state index contributed by atoms with van der Waals surface area (Å²) in [5, 5.41) is 9.92. The minimum atomic E-state index is 0.113. The molecule has 14 heavy (non-hydrogen) atoms. The number of aromatic nitrogens is 3. The Morgan fingerprint density at radius 1 is 1.00 bits per heavy atom. The van der Waals surface area contributed by atoms with Gasteiger partial charge < -0.3 is 21.9 Å². The summed E-state index contributed by atoms with van der Waals surface area (Å²) in [4.78, 5) is 0. The molecule has 0 amide bonds. The average molecular weight is 200 g/mol. The molecule has 1 heterocycles. The second kappa shape index (κ2) is 6.84. The van der Waals surface area contributed by atoms with E-state index in [0.717, 1.165) is 13.2 Å². The molecule has 6 N–H and O–H groups in total. The maximum Gasteiger partial charge on any atom is 0.174 e. The van der Waals surface area contributed by atoms with E-state index < -0.39 is 0 Å². The van der Waals surface area contributed by atoms with Crippen molar-refractivity contribution in [2.45, 2.75) is 13.8 Å². The Hall–Kier alpha value is -1.63. The molecule has 7 nitrogen and oxygen atoms in total. The number of anilines is 3. The van der Waals surface area contributed by atoms with E-state index in [1.54, 1.807) is 0 Å². The minimum Gasteiger partial charge on any atom is -0.393 e. The van der Waals surface area contributed by atoms with Gasteiger partial charge in [0.05, 0.1) is 0 Å². The number of nitrogens with two attached hydrogens (primary N) is 3. The van der Waals surface area contributed by atoms with Crippen molar-refractivity contribution < 1.29 is 4.74 Å². The lowest BCUT2D eigenvalue weighted by Crippen LogP contribution is -2.06. The molecule has 0 aliphatic carbocycles. The fourth-order valence-corrected chi connectivity index (χ4v) is 0.562. The minimum absolute atomic E-state index is 0.113. The van der Waals surface area contributed by atoms with Crippen molar-refractivity contribution in [3.8, 4) is 0 Å². The van der Waals surface area contributed by atoms with Crippen molar-refractivity contribution in [2.75, 3.05) is 30.4 Å². The zero-order valence-electron chi connectivity index (χ0n) is 8.40. The quantitative estimate of drug-likeness (QED) is 0.596. The first-order valence-corrected chi connectivity index (χ1v) is 4.20. The Balaban J connectivity index is 0.000000292. The van der Waals surface area contributed by atoms with E-state index in [1.165, 1.54) is 0 Å². The molecule has 0 aromatic carbocycles. The molecule has 0 atom stereocenters. The topological polar surface area (TPSA) is 126 Å². The Morgan fingerprint density at radius 3 is 1.64 bits per heavy atom. The van der Waals surface area contributed by atoms with Gasteiger partial charge in [-0.15, -0.1) is 10.2 Å². The lowest BCUT2D eigenvalue weighted by molar-refractivity contribution is 0.162. The van der Waals surface area contributed by atoms with Crippen molar-refractivity contribution in [1.29, 1.82) is 0 Å². The summed E-state index contributed by atoms with van der Waals surface area (Å²) in [7, 11) is 0. The maximum absolute atomic E-state index is 5.27. The molecule has 0 unspecified atom stereocenters. The molecule has 0 radical (unpaired) electrons. The molecule has 0 fully saturated rings. The van der Waals surface area contributed by atoms with E-state index in [4.69, 9.17) is 21.9 Å². The van der Waals surface area contributed by atoms with Crippen LogP contribution >= 0.6 is 0 Å². The van der Waals surface area contributed by atoms with Crippen molar-refractivity contribution in [3.63, 3.8) is 0 Å². The van der Waals surface area contributed by atoms with E-state index in [9.17, 15) is 0 Å². The summed E-state index contributed by atoms with van der Waals surface area (Å²) in [6.07, 6.45) is 0. The second-order valence-electron chi connectivity index (χ2n) is 2.26. The highest BCUT2D eigenvalue weighted by Crippen LogP contribution is 2.13. The number of nitrogen functional groups attached to an aromatic ring is 3. The summed E-state index contributed by atoms with van der Waals surface area (Å²) in [5.74, 6) is 0.227. The first kappa shape index (κ1) is 12.4. The van der Waals surface area contributed by atoms with Crippen LogP contribution in [0, 0.1) is 0 Å². The Morgan fingerprint density at radius 2 is 1.43 bits per heavy atom. The molecule has 0 aliphatic heterocycles. The van der Waals surface area contributed by atoms with Gasteiger partial charge in [-0.3, -0.25) is 0 Å². The Labute approximate surface area is 82.6 Å². The van der Waals surface area contributed by atoms with Crippen LogP contribution in [0.25, 0.3) is 0 Å². The Bertz CT molecular complexity index is 244. The summed E-state index contributed by atoms with van der Waals surface area (Å²) in [6, 6.07) is 0. The summed E-state index contributed by atoms with van der Waals surface area (Å²) in [6.45, 7) is 5.67. The zero-order chi connectivity index (χ0) is 11.0. The van der Waals surface area contributed by atoms with Gasteiger partial charge in [0.15, 0.2) is 11.6 Å². The molecule has 0 bridgehead atoms. The first-order valence-electron chi connectivity index (χ1n) is 4.20. The number of nitrogens with zero attached hydrogens (tertiary/aromatic N) is 3. The van der Waals surface area contributed by atoms with E-state index in [2.05, 4.69) is 15.4 Å². The molecule has 0 spiro atoms. The van der Waals surface area contributed by atoms with Crippen LogP contribution < -0.4 is 17.2 Å². The zero-order valence-corrected chi connectivity index (χ0v) is 8.40. The molecular weight excluding hydrogens is 184 g/mol. The van der Waals surface area contributed by atoms with E-state index in [1.807, 2.05) is 13.8 Å². The van der Waals surface area contributed by atoms with Crippen molar-refractivity contribution in [2.24, 2.45) is 0 Å². The van der Waals surface area contributed by atoms with Gasteiger partial charge in [0, 0.05) is 13.2 Å². The fraction of sp³-hybridized carbons (Fsp3) is 0.571. The van der Waals surface area contributed by atoms with Crippen molar-refractivity contribution in [1.82, 2.24) is 15.4 Å². The number of rotatable bonds is 2. The van der Waals surface area contributed by atoms with Crippen LogP contribution in [-0.2, 0) is 4.74 Å². The van der Waals surface area contributed by atoms with Gasteiger partial charge in [-0.2, -0.15) is 0 Å². The van der Waals surface area contributed by atoms with Crippen LogP contribution in [0.2, 0.25) is 0 Å². The molecule has 0 saturated carbocycles. The van der Waals surface area contributed by atoms with E-state index in [-0.39, 0.29) is 17.3 Å². The van der Waals surface area contributed by atoms with E-state index in [0.29, 0.717) is 0 Å². The van der Waals surface area contributed by atoms with Crippen LogP contribution in [0.15, 0.2) is 0 Å². The smallest absolute Gasteiger partial charge is 0.174 e. The van der Waals surface area contributed by atoms with Gasteiger partial charge in [0.1, 0.15) is 5.69 Å². The lowest BCUT2D eigenvalue weighted by atomic mass is 10.5. The van der Waals surface area contributed by atoms with Crippen LogP contribution in [0.5, 0.6) is 0 Å². The summed E-state index contributed by atoms with van der Waals surface area (Å²) in [5.41, 5.74) is 15.9. The average Bonchev–Trinajstić information content (AvgIpc) is 2.16. The van der Waals surface area contributed by atoms with Gasteiger partial charge in [0.2, 0.25) is 0 Å². The number of hydrogen-bond acceptors (Lipinski definition) is 7. The lowest BCUT2D eigenvalue weighted by Gasteiger charge is -1.96. The monoisotopic (exact) mass is 200 g/mol. The molecule has 1 aromatic rings. The SMILES string of the molecule is CCOCC.Nc1nnnc(N)c1N. The number of ether oxygens (including phenoxy) is 1. The largest absolute Gasteiger partial charge is 0.393 e. The molecule has 0 aliphatic rings.